The minimum atomic E-state index is 0.696. The lowest BCUT2D eigenvalue weighted by atomic mass is 10.1. The van der Waals surface area contributed by atoms with Crippen LogP contribution in [0.3, 0.4) is 0 Å². The largest absolute Gasteiger partial charge is 0.367 e. The number of aromatic nitrogens is 2. The highest BCUT2D eigenvalue weighted by atomic mass is 15.2. The first-order chi connectivity index (χ1) is 8.61. The van der Waals surface area contributed by atoms with E-state index in [1.54, 1.807) is 6.20 Å². The Morgan fingerprint density at radius 1 is 1.44 bits per heavy atom. The van der Waals surface area contributed by atoms with Crippen molar-refractivity contribution in [1.29, 1.82) is 5.26 Å². The van der Waals surface area contributed by atoms with Crippen LogP contribution in [0.5, 0.6) is 0 Å². The molecule has 0 amide bonds. The number of nitriles is 1. The molecule has 0 saturated carbocycles. The number of hydrogen-bond acceptors (Lipinski definition) is 3. The van der Waals surface area contributed by atoms with Crippen molar-refractivity contribution in [2.75, 3.05) is 11.9 Å². The zero-order valence-electron chi connectivity index (χ0n) is 10.9. The van der Waals surface area contributed by atoms with Crippen LogP contribution < -0.4 is 4.90 Å². The summed E-state index contributed by atoms with van der Waals surface area (Å²) in [6.45, 7) is 2.77. The van der Waals surface area contributed by atoms with E-state index in [2.05, 4.69) is 16.0 Å². The highest BCUT2D eigenvalue weighted by Gasteiger charge is 2.08. The van der Waals surface area contributed by atoms with Gasteiger partial charge in [0.05, 0.1) is 18.2 Å². The zero-order valence-corrected chi connectivity index (χ0v) is 10.9. The molecule has 0 spiro atoms. The lowest BCUT2D eigenvalue weighted by Gasteiger charge is -2.21. The third-order valence-corrected chi connectivity index (χ3v) is 3.04. The summed E-state index contributed by atoms with van der Waals surface area (Å²) in [5, 5.41) is 8.86. The molecule has 2 rings (SSSR count). The van der Waals surface area contributed by atoms with E-state index in [0.717, 1.165) is 23.6 Å². The Hall–Kier alpha value is -2.28. The summed E-state index contributed by atoms with van der Waals surface area (Å²) in [5.74, 6) is 1.02. The van der Waals surface area contributed by atoms with Gasteiger partial charge in [0, 0.05) is 32.2 Å². The van der Waals surface area contributed by atoms with Gasteiger partial charge in [-0.3, -0.25) is 0 Å². The van der Waals surface area contributed by atoms with Crippen LogP contribution in [0.4, 0.5) is 5.69 Å². The van der Waals surface area contributed by atoms with Gasteiger partial charge in [-0.25, -0.2) is 4.98 Å². The Kier molecular flexibility index (Phi) is 3.33. The summed E-state index contributed by atoms with van der Waals surface area (Å²) in [6, 6.07) is 7.89. The van der Waals surface area contributed by atoms with Crippen molar-refractivity contribution < 1.29 is 0 Å². The molecule has 2 aromatic rings. The van der Waals surface area contributed by atoms with Gasteiger partial charge in [0.15, 0.2) is 0 Å². The molecular weight excluding hydrogens is 224 g/mol. The Balaban J connectivity index is 2.22. The maximum absolute atomic E-state index is 8.86. The van der Waals surface area contributed by atoms with Gasteiger partial charge in [0.1, 0.15) is 5.82 Å². The highest BCUT2D eigenvalue weighted by molar-refractivity contribution is 5.55. The van der Waals surface area contributed by atoms with Crippen LogP contribution >= 0.6 is 0 Å². The molecule has 0 bridgehead atoms. The molecule has 0 saturated heterocycles. The molecule has 0 aliphatic heterocycles. The van der Waals surface area contributed by atoms with Gasteiger partial charge in [0.25, 0.3) is 0 Å². The Morgan fingerprint density at radius 3 is 2.78 bits per heavy atom. The topological polar surface area (TPSA) is 44.9 Å². The second-order valence-corrected chi connectivity index (χ2v) is 4.42. The Bertz CT molecular complexity index is 592. The molecule has 0 fully saturated rings. The third-order valence-electron chi connectivity index (χ3n) is 3.04. The van der Waals surface area contributed by atoms with E-state index in [4.69, 9.17) is 5.26 Å². The fourth-order valence-corrected chi connectivity index (χ4v) is 2.00. The predicted octanol–water partition coefficient (Wildman–Crippen LogP) is 2.24. The lowest BCUT2D eigenvalue weighted by Crippen LogP contribution is -2.19. The standard InChI is InChI=1S/C14H16N4/c1-11-8-12(9-15)4-5-13(11)18(3)10-14-16-6-7-17(14)2/h4-8H,10H2,1-3H3. The van der Waals surface area contributed by atoms with Crippen molar-refractivity contribution in [3.05, 3.63) is 47.5 Å². The van der Waals surface area contributed by atoms with E-state index in [1.807, 2.05) is 50.0 Å². The summed E-state index contributed by atoms with van der Waals surface area (Å²) in [4.78, 5) is 6.45. The lowest BCUT2D eigenvalue weighted by molar-refractivity contribution is 0.760. The number of nitrogens with zero attached hydrogens (tertiary/aromatic N) is 4. The molecule has 1 heterocycles. The minimum Gasteiger partial charge on any atom is -0.367 e. The molecule has 92 valence electrons. The van der Waals surface area contributed by atoms with Gasteiger partial charge >= 0.3 is 0 Å². The summed E-state index contributed by atoms with van der Waals surface area (Å²) in [7, 11) is 4.02. The van der Waals surface area contributed by atoms with Crippen LogP contribution in [-0.4, -0.2) is 16.6 Å². The highest BCUT2D eigenvalue weighted by Crippen LogP contribution is 2.21. The van der Waals surface area contributed by atoms with E-state index in [1.165, 1.54) is 0 Å². The Morgan fingerprint density at radius 2 is 2.22 bits per heavy atom. The van der Waals surface area contributed by atoms with Crippen LogP contribution in [0.15, 0.2) is 30.6 Å². The molecule has 18 heavy (non-hydrogen) atoms. The second-order valence-electron chi connectivity index (χ2n) is 4.42. The molecule has 0 N–H and O–H groups in total. The number of anilines is 1. The Labute approximate surface area is 107 Å². The second kappa shape index (κ2) is 4.92. The summed E-state index contributed by atoms with van der Waals surface area (Å²) < 4.78 is 2.01. The van der Waals surface area contributed by atoms with Crippen molar-refractivity contribution in [3.63, 3.8) is 0 Å². The molecule has 0 radical (unpaired) electrons. The van der Waals surface area contributed by atoms with E-state index in [0.29, 0.717) is 5.56 Å². The van der Waals surface area contributed by atoms with E-state index < -0.39 is 0 Å². The molecule has 1 aromatic carbocycles. The average Bonchev–Trinajstić information content (AvgIpc) is 2.74. The van der Waals surface area contributed by atoms with Crippen LogP contribution in [-0.2, 0) is 13.6 Å². The van der Waals surface area contributed by atoms with Gasteiger partial charge in [-0.2, -0.15) is 5.26 Å². The molecule has 0 atom stereocenters. The van der Waals surface area contributed by atoms with E-state index in [9.17, 15) is 0 Å². The molecule has 0 aliphatic carbocycles. The molecule has 1 aromatic heterocycles. The predicted molar refractivity (Wildman–Crippen MR) is 71.2 cm³/mol. The third kappa shape index (κ3) is 2.35. The maximum Gasteiger partial charge on any atom is 0.127 e. The summed E-state index contributed by atoms with van der Waals surface area (Å²) in [6.07, 6.45) is 3.74. The molecule has 4 nitrogen and oxygen atoms in total. The smallest absolute Gasteiger partial charge is 0.127 e. The van der Waals surface area contributed by atoms with Gasteiger partial charge < -0.3 is 9.47 Å². The van der Waals surface area contributed by atoms with Crippen molar-refractivity contribution in [3.8, 4) is 6.07 Å². The van der Waals surface area contributed by atoms with Crippen molar-refractivity contribution in [2.24, 2.45) is 7.05 Å². The fourth-order valence-electron chi connectivity index (χ4n) is 2.00. The number of hydrogen-bond donors (Lipinski definition) is 0. The van der Waals surface area contributed by atoms with Gasteiger partial charge in [-0.1, -0.05) is 0 Å². The average molecular weight is 240 g/mol. The van der Waals surface area contributed by atoms with Gasteiger partial charge in [0.2, 0.25) is 0 Å². The van der Waals surface area contributed by atoms with Crippen LogP contribution in [0, 0.1) is 18.3 Å². The first-order valence-corrected chi connectivity index (χ1v) is 5.80. The van der Waals surface area contributed by atoms with Crippen LogP contribution in [0.2, 0.25) is 0 Å². The first-order valence-electron chi connectivity index (χ1n) is 5.80. The molecule has 4 heteroatoms. The van der Waals surface area contributed by atoms with E-state index >= 15 is 0 Å². The van der Waals surface area contributed by atoms with Crippen LogP contribution in [0.1, 0.15) is 17.0 Å². The molecular formula is C14H16N4. The van der Waals surface area contributed by atoms with E-state index in [-0.39, 0.29) is 0 Å². The van der Waals surface area contributed by atoms with Crippen molar-refractivity contribution in [1.82, 2.24) is 9.55 Å². The molecule has 0 aliphatic rings. The van der Waals surface area contributed by atoms with Gasteiger partial charge in [-0.05, 0) is 30.7 Å². The number of aryl methyl sites for hydroxylation is 2. The number of imidazole rings is 1. The summed E-state index contributed by atoms with van der Waals surface area (Å²) >= 11 is 0. The minimum absolute atomic E-state index is 0.696. The maximum atomic E-state index is 8.86. The SMILES string of the molecule is Cc1cc(C#N)ccc1N(C)Cc1nccn1C. The zero-order chi connectivity index (χ0) is 13.1. The quantitative estimate of drug-likeness (QED) is 0.826. The first kappa shape index (κ1) is 12.2. The van der Waals surface area contributed by atoms with Crippen LogP contribution in [0.25, 0.3) is 0 Å². The van der Waals surface area contributed by atoms with Crippen molar-refractivity contribution >= 4 is 5.69 Å². The number of rotatable bonds is 3. The number of benzene rings is 1. The normalized spacial score (nSPS) is 10.1. The summed E-state index contributed by atoms with van der Waals surface area (Å²) in [5.41, 5.74) is 2.92. The van der Waals surface area contributed by atoms with Crippen molar-refractivity contribution in [2.45, 2.75) is 13.5 Å². The monoisotopic (exact) mass is 240 g/mol. The fraction of sp³-hybridized carbons (Fsp3) is 0.286. The molecule has 0 unspecified atom stereocenters. The van der Waals surface area contributed by atoms with Gasteiger partial charge in [-0.15, -0.1) is 0 Å².